The standard InChI is InChI=1S/C17H21ClN2O/c1-4-13-6-5-7-15(8-13)21-17-9-14(10-19-12(2)3)16(18)11-20-17/h5-9,11-12,19H,4,10H2,1-3H3. The minimum atomic E-state index is 0.403. The fraction of sp³-hybridized carbons (Fsp3) is 0.353. The third kappa shape index (κ3) is 4.73. The number of pyridine rings is 1. The molecule has 21 heavy (non-hydrogen) atoms. The van der Waals surface area contributed by atoms with Crippen LogP contribution in [0.4, 0.5) is 0 Å². The van der Waals surface area contributed by atoms with Gasteiger partial charge in [-0.1, -0.05) is 44.5 Å². The van der Waals surface area contributed by atoms with Gasteiger partial charge in [0.05, 0.1) is 5.02 Å². The number of hydrogen-bond acceptors (Lipinski definition) is 3. The van der Waals surface area contributed by atoms with E-state index in [1.807, 2.05) is 24.3 Å². The van der Waals surface area contributed by atoms with Gasteiger partial charge in [-0.05, 0) is 29.7 Å². The van der Waals surface area contributed by atoms with Gasteiger partial charge in [-0.15, -0.1) is 0 Å². The molecule has 0 fully saturated rings. The molecule has 0 amide bonds. The van der Waals surface area contributed by atoms with Gasteiger partial charge in [0, 0.05) is 24.8 Å². The lowest BCUT2D eigenvalue weighted by Gasteiger charge is -2.11. The summed E-state index contributed by atoms with van der Waals surface area (Å²) in [5.41, 5.74) is 2.23. The second kappa shape index (κ2) is 7.43. The largest absolute Gasteiger partial charge is 0.439 e. The zero-order chi connectivity index (χ0) is 15.2. The Morgan fingerprint density at radius 2 is 2.10 bits per heavy atom. The molecule has 0 spiro atoms. The molecule has 0 aliphatic carbocycles. The van der Waals surface area contributed by atoms with Crippen LogP contribution in [0.1, 0.15) is 31.9 Å². The van der Waals surface area contributed by atoms with E-state index in [1.54, 1.807) is 6.20 Å². The smallest absolute Gasteiger partial charge is 0.219 e. The summed E-state index contributed by atoms with van der Waals surface area (Å²) in [6.07, 6.45) is 2.62. The van der Waals surface area contributed by atoms with Crippen molar-refractivity contribution in [3.63, 3.8) is 0 Å². The van der Waals surface area contributed by atoms with Crippen LogP contribution in [-0.2, 0) is 13.0 Å². The van der Waals surface area contributed by atoms with Crippen LogP contribution >= 0.6 is 11.6 Å². The van der Waals surface area contributed by atoms with E-state index < -0.39 is 0 Å². The Labute approximate surface area is 131 Å². The molecule has 0 saturated carbocycles. The average Bonchev–Trinajstić information content (AvgIpc) is 2.48. The highest BCUT2D eigenvalue weighted by atomic mass is 35.5. The Bertz CT molecular complexity index is 599. The molecule has 0 bridgehead atoms. The number of nitrogens with one attached hydrogen (secondary N) is 1. The minimum Gasteiger partial charge on any atom is -0.439 e. The fourth-order valence-corrected chi connectivity index (χ4v) is 2.08. The summed E-state index contributed by atoms with van der Waals surface area (Å²) in [5.74, 6) is 1.36. The van der Waals surface area contributed by atoms with E-state index >= 15 is 0 Å². The number of hydrogen-bond donors (Lipinski definition) is 1. The van der Waals surface area contributed by atoms with Crippen LogP contribution in [0.15, 0.2) is 36.5 Å². The van der Waals surface area contributed by atoms with Crippen molar-refractivity contribution in [1.82, 2.24) is 10.3 Å². The first-order chi connectivity index (χ1) is 10.1. The van der Waals surface area contributed by atoms with E-state index in [0.717, 1.165) is 17.7 Å². The number of aryl methyl sites for hydroxylation is 1. The molecule has 1 aromatic heterocycles. The first-order valence-electron chi connectivity index (χ1n) is 7.23. The number of halogens is 1. The summed E-state index contributed by atoms with van der Waals surface area (Å²) < 4.78 is 5.83. The van der Waals surface area contributed by atoms with Crippen molar-refractivity contribution >= 4 is 11.6 Å². The molecule has 2 aromatic rings. The highest BCUT2D eigenvalue weighted by molar-refractivity contribution is 6.31. The molecule has 0 aliphatic heterocycles. The van der Waals surface area contributed by atoms with E-state index in [4.69, 9.17) is 16.3 Å². The van der Waals surface area contributed by atoms with Crippen molar-refractivity contribution in [3.05, 3.63) is 52.7 Å². The maximum absolute atomic E-state index is 6.17. The van der Waals surface area contributed by atoms with Crippen molar-refractivity contribution in [2.75, 3.05) is 0 Å². The summed E-state index contributed by atoms with van der Waals surface area (Å²) in [6.45, 7) is 7.02. The summed E-state index contributed by atoms with van der Waals surface area (Å²) in [7, 11) is 0. The summed E-state index contributed by atoms with van der Waals surface area (Å²) in [6, 6.07) is 10.3. The lowest BCUT2D eigenvalue weighted by molar-refractivity contribution is 0.460. The first kappa shape index (κ1) is 15.8. The van der Waals surface area contributed by atoms with E-state index in [1.165, 1.54) is 5.56 Å². The molecule has 1 heterocycles. The summed E-state index contributed by atoms with van der Waals surface area (Å²) in [4.78, 5) is 4.23. The highest BCUT2D eigenvalue weighted by Crippen LogP contribution is 2.24. The van der Waals surface area contributed by atoms with E-state index in [-0.39, 0.29) is 0 Å². The van der Waals surface area contributed by atoms with Gasteiger partial charge in [-0.25, -0.2) is 4.98 Å². The molecule has 0 radical (unpaired) electrons. The molecule has 0 saturated heterocycles. The maximum Gasteiger partial charge on any atom is 0.219 e. The third-order valence-corrected chi connectivity index (χ3v) is 3.48. The summed E-state index contributed by atoms with van der Waals surface area (Å²) >= 11 is 6.17. The molecular weight excluding hydrogens is 284 g/mol. The van der Waals surface area contributed by atoms with Crippen LogP contribution in [0, 0.1) is 0 Å². The van der Waals surface area contributed by atoms with Gasteiger partial charge in [-0.3, -0.25) is 0 Å². The molecule has 0 unspecified atom stereocenters. The van der Waals surface area contributed by atoms with Crippen LogP contribution < -0.4 is 10.1 Å². The molecular formula is C17H21ClN2O. The topological polar surface area (TPSA) is 34.1 Å². The Morgan fingerprint density at radius 3 is 2.81 bits per heavy atom. The normalized spacial score (nSPS) is 10.9. The third-order valence-electron chi connectivity index (χ3n) is 3.14. The van der Waals surface area contributed by atoms with Crippen LogP contribution in [0.5, 0.6) is 11.6 Å². The van der Waals surface area contributed by atoms with Gasteiger partial charge in [0.15, 0.2) is 0 Å². The molecule has 0 atom stereocenters. The molecule has 1 N–H and O–H groups in total. The average molecular weight is 305 g/mol. The van der Waals surface area contributed by atoms with Crippen LogP contribution in [-0.4, -0.2) is 11.0 Å². The Balaban J connectivity index is 2.14. The SMILES string of the molecule is CCc1cccc(Oc2cc(CNC(C)C)c(Cl)cn2)c1. The maximum atomic E-state index is 6.17. The number of rotatable bonds is 6. The first-order valence-corrected chi connectivity index (χ1v) is 7.61. The van der Waals surface area contributed by atoms with Crippen molar-refractivity contribution in [2.24, 2.45) is 0 Å². The van der Waals surface area contributed by atoms with Crippen molar-refractivity contribution < 1.29 is 4.74 Å². The quantitative estimate of drug-likeness (QED) is 0.847. The second-order valence-corrected chi connectivity index (χ2v) is 5.66. The van der Waals surface area contributed by atoms with E-state index in [0.29, 0.717) is 23.5 Å². The zero-order valence-electron chi connectivity index (χ0n) is 12.7. The van der Waals surface area contributed by atoms with Gasteiger partial charge in [0.25, 0.3) is 0 Å². The van der Waals surface area contributed by atoms with Crippen LogP contribution in [0.25, 0.3) is 0 Å². The van der Waals surface area contributed by atoms with Gasteiger partial charge in [0.2, 0.25) is 5.88 Å². The lowest BCUT2D eigenvalue weighted by atomic mass is 10.2. The predicted molar refractivity (Wildman–Crippen MR) is 87.1 cm³/mol. The van der Waals surface area contributed by atoms with E-state index in [9.17, 15) is 0 Å². The molecule has 1 aromatic carbocycles. The summed E-state index contributed by atoms with van der Waals surface area (Å²) in [5, 5.41) is 3.99. The van der Waals surface area contributed by atoms with Crippen molar-refractivity contribution in [1.29, 1.82) is 0 Å². The Hall–Kier alpha value is -1.58. The number of benzene rings is 1. The Morgan fingerprint density at radius 1 is 1.29 bits per heavy atom. The zero-order valence-corrected chi connectivity index (χ0v) is 13.4. The number of ether oxygens (including phenoxy) is 1. The molecule has 4 heteroatoms. The molecule has 3 nitrogen and oxygen atoms in total. The number of aromatic nitrogens is 1. The van der Waals surface area contributed by atoms with Gasteiger partial charge >= 0.3 is 0 Å². The molecule has 112 valence electrons. The van der Waals surface area contributed by atoms with Gasteiger partial charge in [-0.2, -0.15) is 0 Å². The fourth-order valence-electron chi connectivity index (χ4n) is 1.91. The van der Waals surface area contributed by atoms with Gasteiger partial charge in [0.1, 0.15) is 5.75 Å². The van der Waals surface area contributed by atoms with Crippen LogP contribution in [0.3, 0.4) is 0 Å². The number of nitrogens with zero attached hydrogens (tertiary/aromatic N) is 1. The second-order valence-electron chi connectivity index (χ2n) is 5.25. The van der Waals surface area contributed by atoms with Crippen molar-refractivity contribution in [3.8, 4) is 11.6 Å². The monoisotopic (exact) mass is 304 g/mol. The van der Waals surface area contributed by atoms with Gasteiger partial charge < -0.3 is 10.1 Å². The van der Waals surface area contributed by atoms with Crippen molar-refractivity contribution in [2.45, 2.75) is 39.8 Å². The minimum absolute atomic E-state index is 0.403. The molecule has 0 aliphatic rings. The predicted octanol–water partition coefficient (Wildman–Crippen LogP) is 4.59. The Kier molecular flexibility index (Phi) is 5.59. The highest BCUT2D eigenvalue weighted by Gasteiger charge is 2.06. The van der Waals surface area contributed by atoms with Crippen LogP contribution in [0.2, 0.25) is 5.02 Å². The van der Waals surface area contributed by atoms with E-state index in [2.05, 4.69) is 37.1 Å². The molecule has 2 rings (SSSR count). The lowest BCUT2D eigenvalue weighted by Crippen LogP contribution is -2.22.